The lowest BCUT2D eigenvalue weighted by molar-refractivity contribution is 0.233. The van der Waals surface area contributed by atoms with Gasteiger partial charge in [-0.1, -0.05) is 25.7 Å². The molecule has 1 aliphatic carbocycles. The van der Waals surface area contributed by atoms with Gasteiger partial charge in [0.1, 0.15) is 0 Å². The molecule has 1 heterocycles. The van der Waals surface area contributed by atoms with E-state index in [1.165, 1.54) is 38.6 Å². The van der Waals surface area contributed by atoms with Crippen molar-refractivity contribution in [2.45, 2.75) is 38.1 Å². The van der Waals surface area contributed by atoms with E-state index in [0.717, 1.165) is 18.4 Å². The van der Waals surface area contributed by atoms with Crippen molar-refractivity contribution >= 4 is 0 Å². The maximum Gasteiger partial charge on any atom is 0.00940 e. The molecule has 2 nitrogen and oxygen atoms in total. The average molecular weight is 168 g/mol. The van der Waals surface area contributed by atoms with Crippen molar-refractivity contribution in [2.24, 2.45) is 17.6 Å². The molecule has 0 aromatic rings. The minimum atomic E-state index is 0.481. The minimum absolute atomic E-state index is 0.481. The standard InChI is InChI=1S/C10H20N2/c11-10-5-6-12-7-9(10)8-3-1-2-4-8/h8-10,12H,1-7,11H2. The Balaban J connectivity index is 1.91. The van der Waals surface area contributed by atoms with Crippen LogP contribution in [0.15, 0.2) is 0 Å². The van der Waals surface area contributed by atoms with Crippen LogP contribution >= 0.6 is 0 Å². The quantitative estimate of drug-likeness (QED) is 0.615. The summed E-state index contributed by atoms with van der Waals surface area (Å²) in [5.41, 5.74) is 6.12. The van der Waals surface area contributed by atoms with Gasteiger partial charge in [-0.3, -0.25) is 0 Å². The molecule has 3 N–H and O–H groups in total. The molecular weight excluding hydrogens is 148 g/mol. The van der Waals surface area contributed by atoms with Crippen molar-refractivity contribution in [3.8, 4) is 0 Å². The summed E-state index contributed by atoms with van der Waals surface area (Å²) in [6, 6.07) is 0.481. The summed E-state index contributed by atoms with van der Waals surface area (Å²) in [5, 5.41) is 3.46. The molecule has 70 valence electrons. The SMILES string of the molecule is NC1CCNCC1C1CCCC1. The highest BCUT2D eigenvalue weighted by atomic mass is 14.9. The molecule has 0 spiro atoms. The molecule has 2 aliphatic rings. The van der Waals surface area contributed by atoms with Crippen LogP contribution in [-0.4, -0.2) is 19.1 Å². The zero-order valence-electron chi connectivity index (χ0n) is 7.76. The molecule has 2 atom stereocenters. The van der Waals surface area contributed by atoms with Gasteiger partial charge in [-0.25, -0.2) is 0 Å². The second-order valence-corrected chi connectivity index (χ2v) is 4.37. The summed E-state index contributed by atoms with van der Waals surface area (Å²) < 4.78 is 0. The molecule has 1 saturated heterocycles. The van der Waals surface area contributed by atoms with Crippen molar-refractivity contribution in [3.63, 3.8) is 0 Å². The van der Waals surface area contributed by atoms with Gasteiger partial charge in [0, 0.05) is 6.04 Å². The number of piperidine rings is 1. The predicted octanol–water partition coefficient (Wildman–Crippen LogP) is 1.11. The molecule has 2 heteroatoms. The summed E-state index contributed by atoms with van der Waals surface area (Å²) in [4.78, 5) is 0. The maximum atomic E-state index is 6.12. The third-order valence-corrected chi connectivity index (χ3v) is 3.59. The highest BCUT2D eigenvalue weighted by molar-refractivity contribution is 4.87. The van der Waals surface area contributed by atoms with Gasteiger partial charge in [-0.05, 0) is 31.3 Å². The molecule has 1 aliphatic heterocycles. The molecule has 1 saturated carbocycles. The number of hydrogen-bond donors (Lipinski definition) is 2. The lowest BCUT2D eigenvalue weighted by atomic mass is 9.82. The number of nitrogens with two attached hydrogens (primary N) is 1. The van der Waals surface area contributed by atoms with Crippen LogP contribution in [0.1, 0.15) is 32.1 Å². The molecule has 12 heavy (non-hydrogen) atoms. The molecular formula is C10H20N2. The highest BCUT2D eigenvalue weighted by Gasteiger charge is 2.30. The smallest absolute Gasteiger partial charge is 0.00940 e. The van der Waals surface area contributed by atoms with Crippen LogP contribution in [0.5, 0.6) is 0 Å². The van der Waals surface area contributed by atoms with Gasteiger partial charge in [0.25, 0.3) is 0 Å². The Morgan fingerprint density at radius 2 is 1.83 bits per heavy atom. The predicted molar refractivity (Wildman–Crippen MR) is 50.9 cm³/mol. The number of hydrogen-bond acceptors (Lipinski definition) is 2. The van der Waals surface area contributed by atoms with E-state index in [1.807, 2.05) is 0 Å². The van der Waals surface area contributed by atoms with Gasteiger partial charge in [0.15, 0.2) is 0 Å². The van der Waals surface area contributed by atoms with E-state index in [4.69, 9.17) is 5.73 Å². The maximum absolute atomic E-state index is 6.12. The Kier molecular flexibility index (Phi) is 2.66. The van der Waals surface area contributed by atoms with Crippen LogP contribution in [-0.2, 0) is 0 Å². The van der Waals surface area contributed by atoms with Crippen molar-refractivity contribution in [1.82, 2.24) is 5.32 Å². The van der Waals surface area contributed by atoms with E-state index in [-0.39, 0.29) is 0 Å². The van der Waals surface area contributed by atoms with Crippen LogP contribution in [0.3, 0.4) is 0 Å². The first-order valence-electron chi connectivity index (χ1n) is 5.34. The van der Waals surface area contributed by atoms with E-state index in [1.54, 1.807) is 0 Å². The Hall–Kier alpha value is -0.0800. The number of nitrogens with one attached hydrogen (secondary N) is 1. The first-order chi connectivity index (χ1) is 5.88. The van der Waals surface area contributed by atoms with Gasteiger partial charge in [0.05, 0.1) is 0 Å². The Bertz CT molecular complexity index is 141. The van der Waals surface area contributed by atoms with Gasteiger partial charge in [-0.2, -0.15) is 0 Å². The third kappa shape index (κ3) is 1.64. The zero-order valence-corrected chi connectivity index (χ0v) is 7.76. The van der Waals surface area contributed by atoms with Gasteiger partial charge in [-0.15, -0.1) is 0 Å². The molecule has 0 aromatic carbocycles. The molecule has 2 rings (SSSR count). The molecule has 2 fully saturated rings. The number of rotatable bonds is 1. The van der Waals surface area contributed by atoms with E-state index in [2.05, 4.69) is 5.32 Å². The Morgan fingerprint density at radius 1 is 1.08 bits per heavy atom. The lowest BCUT2D eigenvalue weighted by Crippen LogP contribution is -2.47. The van der Waals surface area contributed by atoms with Crippen LogP contribution in [0, 0.1) is 11.8 Å². The summed E-state index contributed by atoms with van der Waals surface area (Å²) >= 11 is 0. The van der Waals surface area contributed by atoms with Crippen LogP contribution < -0.4 is 11.1 Å². The zero-order chi connectivity index (χ0) is 8.39. The lowest BCUT2D eigenvalue weighted by Gasteiger charge is -2.33. The highest BCUT2D eigenvalue weighted by Crippen LogP contribution is 2.33. The Labute approximate surface area is 74.9 Å². The van der Waals surface area contributed by atoms with Crippen LogP contribution in [0.25, 0.3) is 0 Å². The topological polar surface area (TPSA) is 38.0 Å². The first-order valence-corrected chi connectivity index (χ1v) is 5.34. The monoisotopic (exact) mass is 168 g/mol. The molecule has 0 radical (unpaired) electrons. The average Bonchev–Trinajstić information content (AvgIpc) is 2.57. The normalized spacial score (nSPS) is 38.8. The largest absolute Gasteiger partial charge is 0.327 e. The fourth-order valence-electron chi connectivity index (χ4n) is 2.80. The van der Waals surface area contributed by atoms with Crippen molar-refractivity contribution < 1.29 is 0 Å². The summed E-state index contributed by atoms with van der Waals surface area (Å²) in [5.74, 6) is 1.72. The second-order valence-electron chi connectivity index (χ2n) is 4.37. The fourth-order valence-corrected chi connectivity index (χ4v) is 2.80. The van der Waals surface area contributed by atoms with E-state index < -0.39 is 0 Å². The van der Waals surface area contributed by atoms with E-state index in [9.17, 15) is 0 Å². The van der Waals surface area contributed by atoms with Crippen molar-refractivity contribution in [1.29, 1.82) is 0 Å². The van der Waals surface area contributed by atoms with Gasteiger partial charge in [0.2, 0.25) is 0 Å². The van der Waals surface area contributed by atoms with Gasteiger partial charge < -0.3 is 11.1 Å². The van der Waals surface area contributed by atoms with Crippen molar-refractivity contribution in [2.75, 3.05) is 13.1 Å². The fraction of sp³-hybridized carbons (Fsp3) is 1.00. The van der Waals surface area contributed by atoms with Crippen LogP contribution in [0.2, 0.25) is 0 Å². The van der Waals surface area contributed by atoms with E-state index >= 15 is 0 Å². The van der Waals surface area contributed by atoms with Crippen molar-refractivity contribution in [3.05, 3.63) is 0 Å². The minimum Gasteiger partial charge on any atom is -0.327 e. The molecule has 0 aromatic heterocycles. The Morgan fingerprint density at radius 3 is 2.50 bits per heavy atom. The van der Waals surface area contributed by atoms with Crippen LogP contribution in [0.4, 0.5) is 0 Å². The molecule has 0 amide bonds. The van der Waals surface area contributed by atoms with E-state index in [0.29, 0.717) is 6.04 Å². The molecule has 0 bridgehead atoms. The second kappa shape index (κ2) is 3.75. The summed E-state index contributed by atoms with van der Waals surface area (Å²) in [6.07, 6.45) is 6.92. The summed E-state index contributed by atoms with van der Waals surface area (Å²) in [6.45, 7) is 2.30. The summed E-state index contributed by atoms with van der Waals surface area (Å²) in [7, 11) is 0. The van der Waals surface area contributed by atoms with Gasteiger partial charge >= 0.3 is 0 Å². The first kappa shape index (κ1) is 8.52. The molecule has 2 unspecified atom stereocenters. The third-order valence-electron chi connectivity index (χ3n) is 3.59.